The van der Waals surface area contributed by atoms with Crippen LogP contribution in [0.3, 0.4) is 0 Å². The fourth-order valence-electron chi connectivity index (χ4n) is 3.27. The summed E-state index contributed by atoms with van der Waals surface area (Å²) in [6.07, 6.45) is 0.780. The van der Waals surface area contributed by atoms with Crippen LogP contribution in [0.5, 0.6) is 0 Å². The molecule has 0 atom stereocenters. The van der Waals surface area contributed by atoms with Gasteiger partial charge in [0, 0.05) is 37.9 Å². The molecule has 10 nitrogen and oxygen atoms in total. The van der Waals surface area contributed by atoms with Crippen LogP contribution in [0.2, 0.25) is 0 Å². The molecule has 1 saturated heterocycles. The van der Waals surface area contributed by atoms with Gasteiger partial charge in [0.2, 0.25) is 10.0 Å². The molecule has 1 amide bonds. The molecule has 156 valence electrons. The third kappa shape index (κ3) is 4.46. The van der Waals surface area contributed by atoms with E-state index in [9.17, 15) is 23.3 Å². The molecule has 1 aromatic carbocycles. The molecule has 0 spiro atoms. The summed E-state index contributed by atoms with van der Waals surface area (Å²) in [5, 5.41) is 18.1. The number of sulfonamides is 1. The van der Waals surface area contributed by atoms with E-state index >= 15 is 0 Å². The minimum absolute atomic E-state index is 0.0589. The summed E-state index contributed by atoms with van der Waals surface area (Å²) in [4.78, 5) is 24.3. The van der Waals surface area contributed by atoms with Gasteiger partial charge < -0.3 is 4.90 Å². The second-order valence-corrected chi connectivity index (χ2v) is 9.20. The maximum absolute atomic E-state index is 12.9. The molecule has 0 saturated carbocycles. The van der Waals surface area contributed by atoms with Crippen LogP contribution < -0.4 is 0 Å². The maximum atomic E-state index is 12.9. The summed E-state index contributed by atoms with van der Waals surface area (Å²) < 4.78 is 26.9. The van der Waals surface area contributed by atoms with Crippen molar-refractivity contribution in [1.82, 2.24) is 19.4 Å². The van der Waals surface area contributed by atoms with Crippen molar-refractivity contribution in [2.45, 2.75) is 25.2 Å². The van der Waals surface area contributed by atoms with E-state index in [1.807, 2.05) is 0 Å². The van der Waals surface area contributed by atoms with Crippen molar-refractivity contribution in [1.29, 1.82) is 0 Å². The number of aromatic amines is 1. The fraction of sp³-hybridized carbons (Fsp3) is 0.444. The van der Waals surface area contributed by atoms with Crippen molar-refractivity contribution in [2.24, 2.45) is 5.92 Å². The van der Waals surface area contributed by atoms with Gasteiger partial charge in [0.05, 0.1) is 4.92 Å². The second kappa shape index (κ2) is 8.29. The monoisotopic (exact) mass is 421 g/mol. The smallest absolute Gasteiger partial charge is 0.289 e. The van der Waals surface area contributed by atoms with Gasteiger partial charge in [-0.15, -0.1) is 0 Å². The summed E-state index contributed by atoms with van der Waals surface area (Å²) in [6.45, 7) is 4.63. The lowest BCUT2D eigenvalue weighted by Crippen LogP contribution is -2.50. The van der Waals surface area contributed by atoms with Gasteiger partial charge in [-0.1, -0.05) is 26.0 Å². The van der Waals surface area contributed by atoms with Gasteiger partial charge in [-0.25, -0.2) is 8.42 Å². The molecule has 3 rings (SSSR count). The number of aromatic nitrogens is 2. The first-order chi connectivity index (χ1) is 13.7. The zero-order chi connectivity index (χ0) is 21.2. The third-order valence-corrected chi connectivity index (χ3v) is 6.63. The quantitative estimate of drug-likeness (QED) is 0.558. The molecule has 29 heavy (non-hydrogen) atoms. The first-order valence-corrected chi connectivity index (χ1v) is 10.7. The molecular weight excluding hydrogens is 398 g/mol. The van der Waals surface area contributed by atoms with Gasteiger partial charge in [0.15, 0.2) is 4.90 Å². The topological polar surface area (TPSA) is 130 Å². The number of H-pyrrole nitrogens is 1. The van der Waals surface area contributed by atoms with Crippen molar-refractivity contribution in [3.63, 3.8) is 0 Å². The standard InChI is InChI=1S/C18H23N5O5S/c1-13(2)11-14-12-15(20-19-14)18(24)21-7-9-22(10-8-21)29(27,28)17-6-4-3-5-16(17)23(25)26/h3-6,12-13H,7-11H2,1-2H3,(H,19,20). The molecule has 0 bridgehead atoms. The molecule has 0 radical (unpaired) electrons. The summed E-state index contributed by atoms with van der Waals surface area (Å²) in [5.41, 5.74) is 0.719. The number of nitro benzene ring substituents is 1. The Bertz CT molecular complexity index is 1010. The molecule has 2 aromatic rings. The Morgan fingerprint density at radius 1 is 1.24 bits per heavy atom. The van der Waals surface area contributed by atoms with E-state index in [4.69, 9.17) is 0 Å². The van der Waals surface area contributed by atoms with Gasteiger partial charge in [-0.2, -0.15) is 9.40 Å². The van der Waals surface area contributed by atoms with E-state index in [-0.39, 0.29) is 37.0 Å². The average Bonchev–Trinajstić information content (AvgIpc) is 3.15. The van der Waals surface area contributed by atoms with Crippen LogP contribution in [0.15, 0.2) is 35.2 Å². The summed E-state index contributed by atoms with van der Waals surface area (Å²) in [5.74, 6) is 0.160. The van der Waals surface area contributed by atoms with Gasteiger partial charge in [0.1, 0.15) is 5.69 Å². The molecule has 11 heteroatoms. The van der Waals surface area contributed by atoms with Crippen LogP contribution in [0, 0.1) is 16.0 Å². The van der Waals surface area contributed by atoms with E-state index < -0.39 is 20.6 Å². The normalized spacial score (nSPS) is 15.6. The molecule has 1 fully saturated rings. The van der Waals surface area contributed by atoms with Crippen molar-refractivity contribution in [3.8, 4) is 0 Å². The average molecular weight is 421 g/mol. The highest BCUT2D eigenvalue weighted by molar-refractivity contribution is 7.89. The van der Waals surface area contributed by atoms with E-state index in [2.05, 4.69) is 24.0 Å². The highest BCUT2D eigenvalue weighted by Crippen LogP contribution is 2.27. The SMILES string of the molecule is CC(C)Cc1cc(C(=O)N2CCN(S(=O)(=O)c3ccccc3[N+](=O)[O-])CC2)n[nH]1. The highest BCUT2D eigenvalue weighted by Gasteiger charge is 2.34. The van der Waals surface area contributed by atoms with E-state index in [0.29, 0.717) is 11.6 Å². The molecule has 0 unspecified atom stereocenters. The van der Waals surface area contributed by atoms with E-state index in [1.54, 1.807) is 11.0 Å². The number of para-hydroxylation sites is 1. The van der Waals surface area contributed by atoms with E-state index in [0.717, 1.165) is 12.1 Å². The predicted octanol–water partition coefficient (Wildman–Crippen LogP) is 1.66. The Morgan fingerprint density at radius 3 is 2.52 bits per heavy atom. The van der Waals surface area contributed by atoms with Crippen LogP contribution in [-0.4, -0.2) is 64.8 Å². The van der Waals surface area contributed by atoms with Crippen LogP contribution in [0.1, 0.15) is 30.0 Å². The lowest BCUT2D eigenvalue weighted by Gasteiger charge is -2.33. The number of piperazine rings is 1. The first kappa shape index (κ1) is 20.9. The Morgan fingerprint density at radius 2 is 1.90 bits per heavy atom. The van der Waals surface area contributed by atoms with Crippen molar-refractivity contribution in [3.05, 3.63) is 51.8 Å². The second-order valence-electron chi connectivity index (χ2n) is 7.30. The molecule has 1 aromatic heterocycles. The van der Waals surface area contributed by atoms with Crippen LogP contribution in [-0.2, 0) is 16.4 Å². The van der Waals surface area contributed by atoms with Crippen molar-refractivity contribution in [2.75, 3.05) is 26.2 Å². The first-order valence-electron chi connectivity index (χ1n) is 9.27. The number of nitro groups is 1. The number of hydrogen-bond acceptors (Lipinski definition) is 6. The van der Waals surface area contributed by atoms with Crippen molar-refractivity contribution >= 4 is 21.6 Å². The minimum atomic E-state index is -4.03. The van der Waals surface area contributed by atoms with Crippen LogP contribution >= 0.6 is 0 Å². The minimum Gasteiger partial charge on any atom is -0.335 e. The molecule has 1 aliphatic rings. The Labute approximate surface area is 168 Å². The molecule has 0 aliphatic carbocycles. The maximum Gasteiger partial charge on any atom is 0.289 e. The highest BCUT2D eigenvalue weighted by atomic mass is 32.2. The number of benzene rings is 1. The van der Waals surface area contributed by atoms with Crippen LogP contribution in [0.4, 0.5) is 5.69 Å². The summed E-state index contributed by atoms with van der Waals surface area (Å²) in [7, 11) is -4.03. The number of carbonyl (C=O) groups excluding carboxylic acids is 1. The Hall–Kier alpha value is -2.79. The van der Waals surface area contributed by atoms with Gasteiger partial charge in [-0.3, -0.25) is 20.0 Å². The van der Waals surface area contributed by atoms with Gasteiger partial charge in [0.25, 0.3) is 11.6 Å². The molecule has 2 heterocycles. The number of carbonyl (C=O) groups is 1. The number of nitrogens with one attached hydrogen (secondary N) is 1. The molecular formula is C18H23N5O5S. The third-order valence-electron chi connectivity index (χ3n) is 4.68. The summed E-state index contributed by atoms with van der Waals surface area (Å²) >= 11 is 0. The molecule has 1 aliphatic heterocycles. The van der Waals surface area contributed by atoms with E-state index in [1.165, 1.54) is 28.6 Å². The lowest BCUT2D eigenvalue weighted by molar-refractivity contribution is -0.387. The van der Waals surface area contributed by atoms with Crippen molar-refractivity contribution < 1.29 is 18.1 Å². The summed E-state index contributed by atoms with van der Waals surface area (Å²) in [6, 6.07) is 6.99. The van der Waals surface area contributed by atoms with Gasteiger partial charge >= 0.3 is 0 Å². The zero-order valence-corrected chi connectivity index (χ0v) is 17.1. The lowest BCUT2D eigenvalue weighted by atomic mass is 10.1. The Balaban J connectivity index is 1.69. The number of rotatable bonds is 6. The van der Waals surface area contributed by atoms with Gasteiger partial charge in [-0.05, 0) is 24.5 Å². The number of amides is 1. The molecule has 1 N–H and O–H groups in total. The number of nitrogens with zero attached hydrogens (tertiary/aromatic N) is 4. The predicted molar refractivity (Wildman–Crippen MR) is 105 cm³/mol. The largest absolute Gasteiger partial charge is 0.335 e. The zero-order valence-electron chi connectivity index (χ0n) is 16.2. The number of hydrogen-bond donors (Lipinski definition) is 1. The van der Waals surface area contributed by atoms with Crippen LogP contribution in [0.25, 0.3) is 0 Å². The fourth-order valence-corrected chi connectivity index (χ4v) is 4.85. The Kier molecular flexibility index (Phi) is 5.99.